The second kappa shape index (κ2) is 9.96. The molecule has 0 spiro atoms. The van der Waals surface area contributed by atoms with Crippen LogP contribution in [0.25, 0.3) is 6.08 Å². The number of aryl methyl sites for hydroxylation is 2. The number of hydrogen-bond donors (Lipinski definition) is 0. The van der Waals surface area contributed by atoms with E-state index in [0.29, 0.717) is 12.3 Å². The van der Waals surface area contributed by atoms with E-state index in [1.165, 1.54) is 0 Å². The van der Waals surface area contributed by atoms with Crippen LogP contribution in [0.2, 0.25) is 0 Å². The van der Waals surface area contributed by atoms with Gasteiger partial charge in [0.1, 0.15) is 18.3 Å². The first-order chi connectivity index (χ1) is 16.4. The summed E-state index contributed by atoms with van der Waals surface area (Å²) in [5.41, 5.74) is 5.42. The Kier molecular flexibility index (Phi) is 6.82. The highest BCUT2D eigenvalue weighted by atomic mass is 16.5. The predicted octanol–water partition coefficient (Wildman–Crippen LogP) is 5.55. The van der Waals surface area contributed by atoms with Crippen molar-refractivity contribution in [1.29, 1.82) is 0 Å². The third kappa shape index (κ3) is 4.74. The Bertz CT molecular complexity index is 1220. The van der Waals surface area contributed by atoms with Crippen molar-refractivity contribution in [1.82, 2.24) is 0 Å². The van der Waals surface area contributed by atoms with Crippen LogP contribution in [0, 0.1) is 13.8 Å². The molecular weight excluding hydrogens is 424 g/mol. The van der Waals surface area contributed by atoms with E-state index in [0.717, 1.165) is 33.7 Å². The number of anilines is 2. The molecule has 34 heavy (non-hydrogen) atoms. The number of carbonyl (C=O) groups excluding carboxylic acids is 2. The summed E-state index contributed by atoms with van der Waals surface area (Å²) in [4.78, 5) is 30.7. The number of ether oxygens (including phenoxy) is 1. The lowest BCUT2D eigenvalue weighted by atomic mass is 9.98. The minimum atomic E-state index is -0.749. The normalized spacial score (nSPS) is 16.7. The number of rotatable bonds is 6. The molecule has 3 aromatic carbocycles. The van der Waals surface area contributed by atoms with Crippen LogP contribution in [0.4, 0.5) is 11.4 Å². The predicted molar refractivity (Wildman–Crippen MR) is 137 cm³/mol. The van der Waals surface area contributed by atoms with Gasteiger partial charge in [-0.1, -0.05) is 42.5 Å². The molecule has 1 unspecified atom stereocenters. The van der Waals surface area contributed by atoms with E-state index in [2.05, 4.69) is 0 Å². The van der Waals surface area contributed by atoms with E-state index in [9.17, 15) is 9.59 Å². The smallest absolute Gasteiger partial charge is 0.254 e. The van der Waals surface area contributed by atoms with E-state index in [4.69, 9.17) is 4.74 Å². The van der Waals surface area contributed by atoms with Crippen molar-refractivity contribution in [3.8, 4) is 5.75 Å². The molecule has 0 saturated carbocycles. The fourth-order valence-corrected chi connectivity index (χ4v) is 4.26. The zero-order valence-corrected chi connectivity index (χ0v) is 20.1. The van der Waals surface area contributed by atoms with Crippen LogP contribution >= 0.6 is 0 Å². The number of hydrogen-bond acceptors (Lipinski definition) is 3. The van der Waals surface area contributed by atoms with Crippen molar-refractivity contribution < 1.29 is 14.3 Å². The fourth-order valence-electron chi connectivity index (χ4n) is 4.26. The molecule has 1 fully saturated rings. The van der Waals surface area contributed by atoms with Gasteiger partial charge in [0.15, 0.2) is 0 Å². The van der Waals surface area contributed by atoms with Crippen molar-refractivity contribution in [2.75, 3.05) is 23.0 Å². The molecule has 4 rings (SSSR count). The van der Waals surface area contributed by atoms with E-state index in [1.807, 2.05) is 107 Å². The van der Waals surface area contributed by atoms with Crippen molar-refractivity contribution in [2.24, 2.45) is 0 Å². The third-order valence-electron chi connectivity index (χ3n) is 6.17. The van der Waals surface area contributed by atoms with Crippen LogP contribution in [0.1, 0.15) is 30.5 Å². The number of nitrogens with zero attached hydrogens (tertiary/aromatic N) is 2. The molecule has 0 bridgehead atoms. The summed E-state index contributed by atoms with van der Waals surface area (Å²) in [5.74, 6) is 0.473. The Hall–Kier alpha value is -3.86. The molecule has 3 aromatic rings. The quantitative estimate of drug-likeness (QED) is 0.490. The van der Waals surface area contributed by atoms with Gasteiger partial charge in [0.2, 0.25) is 5.91 Å². The Balaban J connectivity index is 1.77. The van der Waals surface area contributed by atoms with E-state index >= 15 is 0 Å². The van der Waals surface area contributed by atoms with Crippen LogP contribution in [-0.4, -0.2) is 31.0 Å². The number of piperazine rings is 1. The van der Waals surface area contributed by atoms with Gasteiger partial charge in [0, 0.05) is 11.4 Å². The van der Waals surface area contributed by atoms with Gasteiger partial charge in [-0.3, -0.25) is 14.5 Å². The molecule has 174 valence electrons. The number of amides is 2. The lowest BCUT2D eigenvalue weighted by Gasteiger charge is -2.41. The van der Waals surface area contributed by atoms with E-state index < -0.39 is 6.04 Å². The maximum atomic E-state index is 13.9. The highest BCUT2D eigenvalue weighted by molar-refractivity contribution is 6.16. The number of benzene rings is 3. The van der Waals surface area contributed by atoms with Crippen molar-refractivity contribution in [3.63, 3.8) is 0 Å². The molecule has 1 heterocycles. The summed E-state index contributed by atoms with van der Waals surface area (Å²) < 4.78 is 5.56. The Morgan fingerprint density at radius 1 is 0.941 bits per heavy atom. The molecule has 1 saturated heterocycles. The van der Waals surface area contributed by atoms with Gasteiger partial charge in [0.05, 0.1) is 6.61 Å². The number of carbonyl (C=O) groups is 2. The van der Waals surface area contributed by atoms with E-state index in [-0.39, 0.29) is 18.4 Å². The summed E-state index contributed by atoms with van der Waals surface area (Å²) in [7, 11) is 0. The first kappa shape index (κ1) is 23.3. The Morgan fingerprint density at radius 2 is 1.62 bits per heavy atom. The van der Waals surface area contributed by atoms with Gasteiger partial charge >= 0.3 is 0 Å². The molecule has 0 N–H and O–H groups in total. The summed E-state index contributed by atoms with van der Waals surface area (Å²) in [6.45, 7) is 8.44. The SMILES string of the molecule is CCOc1ccc(N2C(=O)CN(c3ccc(C)c(C)c3)C(=O)C2/C(C)=C/c2ccccc2)cc1. The van der Waals surface area contributed by atoms with Crippen molar-refractivity contribution in [3.05, 3.63) is 95.1 Å². The third-order valence-corrected chi connectivity index (χ3v) is 6.17. The molecule has 5 nitrogen and oxygen atoms in total. The Labute approximate surface area is 201 Å². The van der Waals surface area contributed by atoms with E-state index in [1.54, 1.807) is 9.80 Å². The fraction of sp³-hybridized carbons (Fsp3) is 0.241. The average Bonchev–Trinajstić information content (AvgIpc) is 2.83. The topological polar surface area (TPSA) is 49.9 Å². The maximum absolute atomic E-state index is 13.9. The molecular formula is C29H30N2O3. The summed E-state index contributed by atoms with van der Waals surface area (Å²) >= 11 is 0. The maximum Gasteiger partial charge on any atom is 0.254 e. The first-order valence-electron chi connectivity index (χ1n) is 11.6. The molecule has 1 atom stereocenters. The van der Waals surface area contributed by atoms with Crippen LogP contribution in [0.3, 0.4) is 0 Å². The van der Waals surface area contributed by atoms with Crippen molar-refractivity contribution in [2.45, 2.75) is 33.7 Å². The second-order valence-corrected chi connectivity index (χ2v) is 8.59. The zero-order valence-electron chi connectivity index (χ0n) is 20.1. The van der Waals surface area contributed by atoms with Crippen LogP contribution in [0.15, 0.2) is 78.4 Å². The molecule has 0 radical (unpaired) electrons. The van der Waals surface area contributed by atoms with Gasteiger partial charge in [-0.05, 0) is 86.4 Å². The summed E-state index contributed by atoms with van der Waals surface area (Å²) in [6.07, 6.45) is 1.97. The zero-order chi connectivity index (χ0) is 24.2. The average molecular weight is 455 g/mol. The molecule has 1 aliphatic rings. The summed E-state index contributed by atoms with van der Waals surface area (Å²) in [5, 5.41) is 0. The monoisotopic (exact) mass is 454 g/mol. The van der Waals surface area contributed by atoms with Gasteiger partial charge in [-0.2, -0.15) is 0 Å². The van der Waals surface area contributed by atoms with Gasteiger partial charge in [0.25, 0.3) is 5.91 Å². The Morgan fingerprint density at radius 3 is 2.26 bits per heavy atom. The summed E-state index contributed by atoms with van der Waals surface area (Å²) in [6, 6.07) is 22.3. The molecule has 1 aliphatic heterocycles. The lowest BCUT2D eigenvalue weighted by Crippen LogP contribution is -2.61. The molecule has 2 amide bonds. The molecule has 0 aromatic heterocycles. The van der Waals surface area contributed by atoms with Gasteiger partial charge in [-0.15, -0.1) is 0 Å². The second-order valence-electron chi connectivity index (χ2n) is 8.59. The van der Waals surface area contributed by atoms with Gasteiger partial charge in [-0.25, -0.2) is 0 Å². The standard InChI is InChI=1S/C29H30N2O3/c1-5-34-26-15-13-24(14-16-26)31-27(32)19-30(25-12-11-20(2)21(3)18-25)29(33)28(31)22(4)17-23-9-7-6-8-10-23/h6-18,28H,5,19H2,1-4H3/b22-17+. The highest BCUT2D eigenvalue weighted by Gasteiger charge is 2.41. The highest BCUT2D eigenvalue weighted by Crippen LogP contribution is 2.31. The molecule has 0 aliphatic carbocycles. The van der Waals surface area contributed by atoms with Crippen LogP contribution in [-0.2, 0) is 9.59 Å². The van der Waals surface area contributed by atoms with Crippen LogP contribution in [0.5, 0.6) is 5.75 Å². The minimum Gasteiger partial charge on any atom is -0.494 e. The largest absolute Gasteiger partial charge is 0.494 e. The van der Waals surface area contributed by atoms with Crippen molar-refractivity contribution >= 4 is 29.3 Å². The minimum absolute atomic E-state index is 0.0103. The lowest BCUT2D eigenvalue weighted by molar-refractivity contribution is -0.127. The van der Waals surface area contributed by atoms with Crippen LogP contribution < -0.4 is 14.5 Å². The van der Waals surface area contributed by atoms with Gasteiger partial charge < -0.3 is 9.64 Å². The molecule has 5 heteroatoms. The first-order valence-corrected chi connectivity index (χ1v) is 11.6.